The fourth-order valence-electron chi connectivity index (χ4n) is 3.89. The fourth-order valence-corrected chi connectivity index (χ4v) is 5.12. The van der Waals surface area contributed by atoms with E-state index in [0.717, 1.165) is 22.9 Å². The number of fused-ring (bicyclic) bond motifs is 1. The standard InChI is InChI=1S/C27H22N4O3S2/c32-21(19-11-5-2-6-12-19)16-28-24-20(25(33)30-14-8-7-13-23(30)29-24)15-22-26(34)31(27(35)36-22)17-18-9-3-1-4-10-18/h1-15,21,28,32H,16-17H2/b22-15-/t21-/m1/s1. The molecule has 180 valence electrons. The summed E-state index contributed by atoms with van der Waals surface area (Å²) < 4.78 is 1.85. The molecule has 0 aliphatic carbocycles. The number of aromatic nitrogens is 2. The van der Waals surface area contributed by atoms with Gasteiger partial charge in [0, 0.05) is 12.7 Å². The van der Waals surface area contributed by atoms with Crippen molar-refractivity contribution in [3.8, 4) is 0 Å². The molecule has 1 aliphatic rings. The molecular formula is C27H22N4O3S2. The van der Waals surface area contributed by atoms with Crippen LogP contribution in [0.25, 0.3) is 11.7 Å². The Labute approximate surface area is 217 Å². The molecule has 1 atom stereocenters. The molecule has 5 rings (SSSR count). The summed E-state index contributed by atoms with van der Waals surface area (Å²) in [6, 6.07) is 24.1. The third-order valence-electron chi connectivity index (χ3n) is 5.75. The number of hydrogen-bond donors (Lipinski definition) is 2. The van der Waals surface area contributed by atoms with E-state index >= 15 is 0 Å². The number of aliphatic hydroxyl groups is 1. The van der Waals surface area contributed by atoms with E-state index in [4.69, 9.17) is 12.2 Å². The number of nitrogens with zero attached hydrogens (tertiary/aromatic N) is 3. The third kappa shape index (κ3) is 4.94. The zero-order valence-corrected chi connectivity index (χ0v) is 20.7. The van der Waals surface area contributed by atoms with Crippen LogP contribution in [-0.4, -0.2) is 36.2 Å². The number of amides is 1. The van der Waals surface area contributed by atoms with Gasteiger partial charge in [-0.3, -0.25) is 18.9 Å². The summed E-state index contributed by atoms with van der Waals surface area (Å²) >= 11 is 6.63. The summed E-state index contributed by atoms with van der Waals surface area (Å²) in [6.07, 6.45) is 2.36. The molecule has 2 N–H and O–H groups in total. The molecule has 36 heavy (non-hydrogen) atoms. The molecule has 2 aromatic carbocycles. The number of anilines is 1. The van der Waals surface area contributed by atoms with Crippen LogP contribution in [0.4, 0.5) is 5.82 Å². The highest BCUT2D eigenvalue weighted by molar-refractivity contribution is 8.26. The number of carbonyl (C=O) groups is 1. The van der Waals surface area contributed by atoms with Crippen LogP contribution in [0.5, 0.6) is 0 Å². The van der Waals surface area contributed by atoms with Crippen molar-refractivity contribution in [2.45, 2.75) is 12.6 Å². The lowest BCUT2D eigenvalue weighted by molar-refractivity contribution is -0.122. The van der Waals surface area contributed by atoms with Crippen LogP contribution in [0.3, 0.4) is 0 Å². The van der Waals surface area contributed by atoms with E-state index in [1.165, 1.54) is 15.4 Å². The summed E-state index contributed by atoms with van der Waals surface area (Å²) in [7, 11) is 0. The van der Waals surface area contributed by atoms with Gasteiger partial charge in [0.1, 0.15) is 15.8 Å². The average Bonchev–Trinajstić information content (AvgIpc) is 3.17. The van der Waals surface area contributed by atoms with Crippen LogP contribution in [0, 0.1) is 0 Å². The van der Waals surface area contributed by atoms with Crippen LogP contribution in [-0.2, 0) is 11.3 Å². The minimum atomic E-state index is -0.806. The van der Waals surface area contributed by atoms with Crippen LogP contribution in [0.2, 0.25) is 0 Å². The Bertz CT molecular complexity index is 1520. The minimum absolute atomic E-state index is 0.134. The number of rotatable bonds is 7. The molecule has 4 aromatic rings. The van der Waals surface area contributed by atoms with Gasteiger partial charge >= 0.3 is 0 Å². The quantitative estimate of drug-likeness (QED) is 0.282. The van der Waals surface area contributed by atoms with E-state index in [2.05, 4.69) is 10.3 Å². The lowest BCUT2D eigenvalue weighted by Gasteiger charge is -2.15. The molecule has 1 amide bonds. The van der Waals surface area contributed by atoms with Crippen molar-refractivity contribution in [3.63, 3.8) is 0 Å². The Morgan fingerprint density at radius 2 is 1.69 bits per heavy atom. The molecule has 7 nitrogen and oxygen atoms in total. The number of benzene rings is 2. The van der Waals surface area contributed by atoms with Gasteiger partial charge in [0.25, 0.3) is 11.5 Å². The summed E-state index contributed by atoms with van der Waals surface area (Å²) in [5, 5.41) is 13.7. The van der Waals surface area contributed by atoms with Crippen molar-refractivity contribution >= 4 is 51.7 Å². The molecule has 1 saturated heterocycles. The van der Waals surface area contributed by atoms with Crippen LogP contribution < -0.4 is 10.9 Å². The van der Waals surface area contributed by atoms with E-state index in [0.29, 0.717) is 21.4 Å². The van der Waals surface area contributed by atoms with E-state index in [9.17, 15) is 14.7 Å². The van der Waals surface area contributed by atoms with Crippen molar-refractivity contribution in [2.24, 2.45) is 0 Å². The largest absolute Gasteiger partial charge is 0.387 e. The highest BCUT2D eigenvalue weighted by atomic mass is 32.2. The maximum absolute atomic E-state index is 13.4. The van der Waals surface area contributed by atoms with E-state index in [1.54, 1.807) is 24.4 Å². The SMILES string of the molecule is O=C1/C(=C/c2c(NC[C@@H](O)c3ccccc3)nc3ccccn3c2=O)SC(=S)N1Cc1ccccc1. The molecule has 0 unspecified atom stereocenters. The number of thioether (sulfide) groups is 1. The highest BCUT2D eigenvalue weighted by Gasteiger charge is 2.32. The number of carbonyl (C=O) groups excluding carboxylic acids is 1. The first-order valence-electron chi connectivity index (χ1n) is 11.3. The normalized spacial score (nSPS) is 15.6. The Morgan fingerprint density at radius 1 is 1.00 bits per heavy atom. The molecule has 0 saturated carbocycles. The second-order valence-electron chi connectivity index (χ2n) is 8.17. The smallest absolute Gasteiger partial charge is 0.267 e. The van der Waals surface area contributed by atoms with Crippen LogP contribution >= 0.6 is 24.0 Å². The zero-order chi connectivity index (χ0) is 25.1. The lowest BCUT2D eigenvalue weighted by Crippen LogP contribution is -2.27. The zero-order valence-electron chi connectivity index (χ0n) is 19.1. The second kappa shape index (κ2) is 10.4. The highest BCUT2D eigenvalue weighted by Crippen LogP contribution is 2.34. The van der Waals surface area contributed by atoms with E-state index in [-0.39, 0.29) is 29.4 Å². The number of pyridine rings is 1. The molecule has 0 radical (unpaired) electrons. The first-order valence-corrected chi connectivity index (χ1v) is 12.5. The van der Waals surface area contributed by atoms with Gasteiger partial charge in [-0.1, -0.05) is 90.7 Å². The van der Waals surface area contributed by atoms with Gasteiger partial charge < -0.3 is 10.4 Å². The maximum atomic E-state index is 13.4. The molecule has 3 heterocycles. The van der Waals surface area contributed by atoms with E-state index < -0.39 is 6.10 Å². The van der Waals surface area contributed by atoms with E-state index in [1.807, 2.05) is 60.7 Å². The molecule has 1 aliphatic heterocycles. The molecule has 0 bridgehead atoms. The monoisotopic (exact) mass is 514 g/mol. The van der Waals surface area contributed by atoms with Crippen molar-refractivity contribution in [1.82, 2.24) is 14.3 Å². The molecular weight excluding hydrogens is 492 g/mol. The van der Waals surface area contributed by atoms with Crippen LogP contribution in [0.15, 0.2) is 94.8 Å². The summed E-state index contributed by atoms with van der Waals surface area (Å²) in [6.45, 7) is 0.488. The molecule has 2 aromatic heterocycles. The number of hydrogen-bond acceptors (Lipinski definition) is 7. The predicted molar refractivity (Wildman–Crippen MR) is 147 cm³/mol. The van der Waals surface area contributed by atoms with Gasteiger partial charge in [-0.15, -0.1) is 0 Å². The van der Waals surface area contributed by atoms with Gasteiger partial charge in [0.15, 0.2) is 0 Å². The summed E-state index contributed by atoms with van der Waals surface area (Å²) in [5.74, 6) is 0.0243. The molecule has 1 fully saturated rings. The Hall–Kier alpha value is -3.79. The first kappa shape index (κ1) is 23.9. The topological polar surface area (TPSA) is 86.9 Å². The van der Waals surface area contributed by atoms with Crippen molar-refractivity contribution in [3.05, 3.63) is 117 Å². The van der Waals surface area contributed by atoms with Gasteiger partial charge in [-0.25, -0.2) is 4.98 Å². The minimum Gasteiger partial charge on any atom is -0.387 e. The van der Waals surface area contributed by atoms with Crippen molar-refractivity contribution in [2.75, 3.05) is 11.9 Å². The van der Waals surface area contributed by atoms with Gasteiger partial charge in [-0.2, -0.15) is 0 Å². The number of thiocarbonyl (C=S) groups is 1. The lowest BCUT2D eigenvalue weighted by atomic mass is 10.1. The number of nitrogens with one attached hydrogen (secondary N) is 1. The fraction of sp³-hybridized carbons (Fsp3) is 0.111. The summed E-state index contributed by atoms with van der Waals surface area (Å²) in [5.41, 5.74) is 2.04. The molecule has 9 heteroatoms. The average molecular weight is 515 g/mol. The van der Waals surface area contributed by atoms with Crippen molar-refractivity contribution < 1.29 is 9.90 Å². The number of aliphatic hydroxyl groups excluding tert-OH is 1. The van der Waals surface area contributed by atoms with Gasteiger partial charge in [-0.05, 0) is 29.3 Å². The predicted octanol–water partition coefficient (Wildman–Crippen LogP) is 4.24. The maximum Gasteiger partial charge on any atom is 0.267 e. The second-order valence-corrected chi connectivity index (χ2v) is 9.84. The van der Waals surface area contributed by atoms with Crippen LogP contribution in [0.1, 0.15) is 22.8 Å². The Morgan fingerprint density at radius 3 is 2.44 bits per heavy atom. The van der Waals surface area contributed by atoms with Gasteiger partial charge in [0.2, 0.25) is 0 Å². The summed E-state index contributed by atoms with van der Waals surface area (Å²) in [4.78, 5) is 33.1. The Balaban J connectivity index is 1.48. The molecule has 0 spiro atoms. The third-order valence-corrected chi connectivity index (χ3v) is 7.13. The van der Waals surface area contributed by atoms with Crippen molar-refractivity contribution in [1.29, 1.82) is 0 Å². The first-order chi connectivity index (χ1) is 17.5. The Kier molecular flexibility index (Phi) is 6.95. The van der Waals surface area contributed by atoms with Gasteiger partial charge in [0.05, 0.1) is 23.1 Å².